The molecule has 2 aromatic rings. The zero-order valence-electron chi connectivity index (χ0n) is 10.3. The van der Waals surface area contributed by atoms with Crippen LogP contribution in [0.5, 0.6) is 0 Å². The average molecular weight is 280 g/mol. The van der Waals surface area contributed by atoms with Gasteiger partial charge in [-0.2, -0.15) is 16.1 Å². The topological polar surface area (TPSA) is 50.7 Å². The molecule has 0 atom stereocenters. The Labute approximate surface area is 115 Å². The Hall–Kier alpha value is -0.880. The van der Waals surface area contributed by atoms with Crippen molar-refractivity contribution in [1.29, 1.82) is 0 Å². The molecule has 0 saturated carbocycles. The largest absolute Gasteiger partial charge is 0.369 e. The molecular weight excluding hydrogens is 264 g/mol. The molecule has 0 bridgehead atoms. The fourth-order valence-corrected chi connectivity index (χ4v) is 4.20. The quantitative estimate of drug-likeness (QED) is 0.936. The number of nitrogens with zero attached hydrogens (tertiary/aromatic N) is 3. The van der Waals surface area contributed by atoms with Crippen molar-refractivity contribution in [2.24, 2.45) is 5.92 Å². The van der Waals surface area contributed by atoms with E-state index in [1.165, 1.54) is 35.9 Å². The smallest absolute Gasteiger partial charge is 0.149 e. The first-order chi connectivity index (χ1) is 8.84. The van der Waals surface area contributed by atoms with Crippen LogP contribution in [0, 0.1) is 12.8 Å². The van der Waals surface area contributed by atoms with Gasteiger partial charge in [-0.15, -0.1) is 0 Å². The highest BCUT2D eigenvalue weighted by molar-refractivity contribution is 7.99. The van der Waals surface area contributed by atoms with Gasteiger partial charge < -0.3 is 5.32 Å². The van der Waals surface area contributed by atoms with Crippen molar-refractivity contribution < 1.29 is 0 Å². The van der Waals surface area contributed by atoms with Crippen LogP contribution < -0.4 is 5.32 Å². The molecule has 0 amide bonds. The Bertz CT molecular complexity index is 534. The molecule has 1 N–H and O–H groups in total. The Morgan fingerprint density at radius 1 is 1.33 bits per heavy atom. The van der Waals surface area contributed by atoms with Gasteiger partial charge in [0.25, 0.3) is 0 Å². The Morgan fingerprint density at radius 2 is 2.17 bits per heavy atom. The van der Waals surface area contributed by atoms with E-state index in [-0.39, 0.29) is 0 Å². The Morgan fingerprint density at radius 3 is 3.00 bits per heavy atom. The summed E-state index contributed by atoms with van der Waals surface area (Å²) in [6, 6.07) is 0. The highest BCUT2D eigenvalue weighted by Gasteiger charge is 2.15. The normalized spacial score (nSPS) is 17.2. The predicted molar refractivity (Wildman–Crippen MR) is 78.5 cm³/mol. The summed E-state index contributed by atoms with van der Waals surface area (Å²) in [5, 5.41) is 4.58. The molecule has 1 aliphatic rings. The minimum absolute atomic E-state index is 0.781. The van der Waals surface area contributed by atoms with Crippen molar-refractivity contribution in [2.75, 3.05) is 23.4 Å². The summed E-state index contributed by atoms with van der Waals surface area (Å²) in [5.74, 6) is 4.32. The first-order valence-electron chi connectivity index (χ1n) is 6.23. The van der Waals surface area contributed by atoms with E-state index in [0.717, 1.165) is 34.2 Å². The number of fused-ring (bicyclic) bond motifs is 1. The monoisotopic (exact) mass is 280 g/mol. The second-order valence-electron chi connectivity index (χ2n) is 4.61. The fourth-order valence-electron chi connectivity index (χ4n) is 2.25. The van der Waals surface area contributed by atoms with Gasteiger partial charge in [0.1, 0.15) is 17.0 Å². The van der Waals surface area contributed by atoms with Crippen LogP contribution in [0.4, 0.5) is 5.82 Å². The van der Waals surface area contributed by atoms with Crippen LogP contribution in [0.15, 0.2) is 6.33 Å². The number of thioether (sulfide) groups is 1. The maximum absolute atomic E-state index is 4.36. The van der Waals surface area contributed by atoms with Crippen LogP contribution in [0.2, 0.25) is 0 Å². The van der Waals surface area contributed by atoms with E-state index in [1.54, 1.807) is 6.33 Å². The van der Waals surface area contributed by atoms with E-state index in [2.05, 4.69) is 31.4 Å². The van der Waals surface area contributed by atoms with Crippen LogP contribution in [0.1, 0.15) is 18.5 Å². The molecule has 0 radical (unpaired) electrons. The molecule has 2 aromatic heterocycles. The molecule has 96 valence electrons. The van der Waals surface area contributed by atoms with Crippen molar-refractivity contribution in [3.63, 3.8) is 0 Å². The summed E-state index contributed by atoms with van der Waals surface area (Å²) in [5.41, 5.74) is 1.03. The molecule has 0 spiro atoms. The lowest BCUT2D eigenvalue weighted by molar-refractivity contribution is 0.515. The first kappa shape index (κ1) is 12.2. The molecule has 3 heterocycles. The number of nitrogens with one attached hydrogen (secondary N) is 1. The van der Waals surface area contributed by atoms with Crippen LogP contribution in [-0.2, 0) is 0 Å². The molecule has 0 aliphatic carbocycles. The SMILES string of the molecule is Cc1nsc2ncnc(NCC3CCSCC3)c12. The molecule has 4 nitrogen and oxygen atoms in total. The molecule has 1 saturated heterocycles. The lowest BCUT2D eigenvalue weighted by atomic mass is 10.0. The van der Waals surface area contributed by atoms with Crippen LogP contribution in [-0.4, -0.2) is 32.4 Å². The lowest BCUT2D eigenvalue weighted by Gasteiger charge is -2.21. The van der Waals surface area contributed by atoms with Crippen molar-refractivity contribution in [3.8, 4) is 0 Å². The number of aromatic nitrogens is 3. The van der Waals surface area contributed by atoms with E-state index in [1.807, 2.05) is 6.92 Å². The van der Waals surface area contributed by atoms with Crippen molar-refractivity contribution in [2.45, 2.75) is 19.8 Å². The van der Waals surface area contributed by atoms with Crippen molar-refractivity contribution in [1.82, 2.24) is 14.3 Å². The summed E-state index contributed by atoms with van der Waals surface area (Å²) in [6.07, 6.45) is 4.25. The summed E-state index contributed by atoms with van der Waals surface area (Å²) in [7, 11) is 0. The van der Waals surface area contributed by atoms with E-state index < -0.39 is 0 Å². The van der Waals surface area contributed by atoms with E-state index in [9.17, 15) is 0 Å². The van der Waals surface area contributed by atoms with Crippen LogP contribution in [0.3, 0.4) is 0 Å². The Balaban J connectivity index is 1.75. The third-order valence-corrected chi connectivity index (χ3v) is 5.24. The molecule has 18 heavy (non-hydrogen) atoms. The zero-order chi connectivity index (χ0) is 12.4. The number of hydrogen-bond acceptors (Lipinski definition) is 6. The third-order valence-electron chi connectivity index (χ3n) is 3.34. The molecule has 0 unspecified atom stereocenters. The summed E-state index contributed by atoms with van der Waals surface area (Å²) < 4.78 is 4.35. The van der Waals surface area contributed by atoms with Gasteiger partial charge >= 0.3 is 0 Å². The molecule has 1 fully saturated rings. The molecular formula is C12H16N4S2. The minimum atomic E-state index is 0.781. The van der Waals surface area contributed by atoms with Gasteiger partial charge in [-0.05, 0) is 48.7 Å². The zero-order valence-corrected chi connectivity index (χ0v) is 12.0. The van der Waals surface area contributed by atoms with Gasteiger partial charge in [0, 0.05) is 6.54 Å². The first-order valence-corrected chi connectivity index (χ1v) is 8.16. The van der Waals surface area contributed by atoms with Crippen LogP contribution in [0.25, 0.3) is 10.2 Å². The maximum Gasteiger partial charge on any atom is 0.149 e. The maximum atomic E-state index is 4.36. The molecule has 3 rings (SSSR count). The van der Waals surface area contributed by atoms with Gasteiger partial charge in [0.2, 0.25) is 0 Å². The third kappa shape index (κ3) is 2.44. The predicted octanol–water partition coefficient (Wildman–Crippen LogP) is 2.95. The second-order valence-corrected chi connectivity index (χ2v) is 6.58. The van der Waals surface area contributed by atoms with E-state index in [0.29, 0.717) is 0 Å². The van der Waals surface area contributed by atoms with E-state index >= 15 is 0 Å². The van der Waals surface area contributed by atoms with Gasteiger partial charge in [-0.3, -0.25) is 0 Å². The molecule has 0 aromatic carbocycles. The highest BCUT2D eigenvalue weighted by atomic mass is 32.2. The average Bonchev–Trinajstić information content (AvgIpc) is 2.80. The number of hydrogen-bond donors (Lipinski definition) is 1. The van der Waals surface area contributed by atoms with Gasteiger partial charge in [0.05, 0.1) is 11.1 Å². The lowest BCUT2D eigenvalue weighted by Crippen LogP contribution is -2.19. The summed E-state index contributed by atoms with van der Waals surface area (Å²) >= 11 is 3.51. The minimum Gasteiger partial charge on any atom is -0.369 e. The molecule has 6 heteroatoms. The van der Waals surface area contributed by atoms with Crippen molar-refractivity contribution in [3.05, 3.63) is 12.0 Å². The number of aryl methyl sites for hydroxylation is 1. The standard InChI is InChI=1S/C12H16N4S2/c1-8-10-11(14-7-15-12(10)18-16-8)13-6-9-2-4-17-5-3-9/h7,9H,2-6H2,1H3,(H,13,14,15). The van der Waals surface area contributed by atoms with Gasteiger partial charge in [-0.25, -0.2) is 9.97 Å². The number of rotatable bonds is 3. The summed E-state index contributed by atoms with van der Waals surface area (Å²) in [6.45, 7) is 3.03. The van der Waals surface area contributed by atoms with E-state index in [4.69, 9.17) is 0 Å². The molecule has 1 aliphatic heterocycles. The summed E-state index contributed by atoms with van der Waals surface area (Å²) in [4.78, 5) is 9.60. The van der Waals surface area contributed by atoms with Gasteiger partial charge in [0.15, 0.2) is 0 Å². The number of anilines is 1. The van der Waals surface area contributed by atoms with Crippen LogP contribution >= 0.6 is 23.3 Å². The second kappa shape index (κ2) is 5.40. The highest BCUT2D eigenvalue weighted by Crippen LogP contribution is 2.27. The van der Waals surface area contributed by atoms with Crippen molar-refractivity contribution >= 4 is 39.3 Å². The Kier molecular flexibility index (Phi) is 3.65. The van der Waals surface area contributed by atoms with Gasteiger partial charge in [-0.1, -0.05) is 0 Å². The fraction of sp³-hybridized carbons (Fsp3) is 0.583.